The van der Waals surface area contributed by atoms with E-state index in [9.17, 15) is 10.2 Å². The average molecular weight is 260 g/mol. The van der Waals surface area contributed by atoms with E-state index in [2.05, 4.69) is 0 Å². The molecule has 0 amide bonds. The molecule has 2 aromatic rings. The first kappa shape index (κ1) is 13.1. The van der Waals surface area contributed by atoms with Gasteiger partial charge in [-0.1, -0.05) is 48.5 Å². The van der Waals surface area contributed by atoms with Crippen LogP contribution in [-0.2, 0) is 5.60 Å². The van der Waals surface area contributed by atoms with Crippen LogP contribution in [0.15, 0.2) is 65.6 Å². The molecule has 0 aromatic heterocycles. The third kappa shape index (κ3) is 3.13. The summed E-state index contributed by atoms with van der Waals surface area (Å²) >= 11 is 1.54. The van der Waals surface area contributed by atoms with E-state index in [1.807, 2.05) is 60.7 Å². The Balaban J connectivity index is 2.10. The molecule has 1 atom stereocenters. The molecule has 18 heavy (non-hydrogen) atoms. The Kier molecular flexibility index (Phi) is 4.42. The Morgan fingerprint density at radius 3 is 2.00 bits per heavy atom. The second kappa shape index (κ2) is 6.05. The van der Waals surface area contributed by atoms with Crippen LogP contribution in [0.4, 0.5) is 0 Å². The number of rotatable bonds is 5. The van der Waals surface area contributed by atoms with Gasteiger partial charge >= 0.3 is 0 Å². The lowest BCUT2D eigenvalue weighted by Gasteiger charge is -2.26. The summed E-state index contributed by atoms with van der Waals surface area (Å²) in [5.41, 5.74) is -0.446. The fourth-order valence-electron chi connectivity index (χ4n) is 1.69. The van der Waals surface area contributed by atoms with Crippen LogP contribution in [0.2, 0.25) is 0 Å². The number of aliphatic hydroxyl groups is 2. The van der Waals surface area contributed by atoms with Gasteiger partial charge in [0.05, 0.1) is 6.61 Å². The summed E-state index contributed by atoms with van der Waals surface area (Å²) in [6.45, 7) is -0.281. The van der Waals surface area contributed by atoms with Crippen molar-refractivity contribution < 1.29 is 10.2 Å². The SMILES string of the molecule is OC[C@](O)(CSc1ccccc1)c1ccccc1. The van der Waals surface area contributed by atoms with Crippen LogP contribution >= 0.6 is 11.8 Å². The molecular weight excluding hydrogens is 244 g/mol. The fraction of sp³-hybridized carbons (Fsp3) is 0.200. The van der Waals surface area contributed by atoms with Crippen LogP contribution in [-0.4, -0.2) is 22.6 Å². The standard InChI is InChI=1S/C15H16O2S/c16-11-15(17,13-7-3-1-4-8-13)12-18-14-9-5-2-6-10-14/h1-10,16-17H,11-12H2/t15-/m0/s1. The first-order valence-electron chi connectivity index (χ1n) is 5.81. The third-order valence-corrected chi connectivity index (χ3v) is 4.02. The Bertz CT molecular complexity index is 472. The predicted octanol–water partition coefficient (Wildman–Crippen LogP) is 2.66. The van der Waals surface area contributed by atoms with Gasteiger partial charge < -0.3 is 10.2 Å². The molecule has 0 heterocycles. The molecule has 0 radical (unpaired) electrons. The van der Waals surface area contributed by atoms with Crippen molar-refractivity contribution in [1.82, 2.24) is 0 Å². The molecule has 0 fully saturated rings. The summed E-state index contributed by atoms with van der Waals surface area (Å²) in [5, 5.41) is 19.9. The van der Waals surface area contributed by atoms with E-state index in [0.717, 1.165) is 10.5 Å². The van der Waals surface area contributed by atoms with Crippen LogP contribution in [0.25, 0.3) is 0 Å². The van der Waals surface area contributed by atoms with E-state index in [-0.39, 0.29) is 6.61 Å². The highest BCUT2D eigenvalue weighted by molar-refractivity contribution is 7.99. The molecule has 0 unspecified atom stereocenters. The number of aliphatic hydroxyl groups excluding tert-OH is 1. The van der Waals surface area contributed by atoms with E-state index < -0.39 is 5.60 Å². The summed E-state index contributed by atoms with van der Waals surface area (Å²) in [6, 6.07) is 19.2. The predicted molar refractivity (Wildman–Crippen MR) is 74.6 cm³/mol. The Morgan fingerprint density at radius 1 is 0.889 bits per heavy atom. The maximum Gasteiger partial charge on any atom is 0.122 e. The number of hydrogen-bond acceptors (Lipinski definition) is 3. The van der Waals surface area contributed by atoms with Crippen molar-refractivity contribution in [3.63, 3.8) is 0 Å². The molecular formula is C15H16O2S. The molecule has 0 saturated heterocycles. The maximum absolute atomic E-state index is 10.5. The van der Waals surface area contributed by atoms with Crippen molar-refractivity contribution >= 4 is 11.8 Å². The van der Waals surface area contributed by atoms with Crippen molar-refractivity contribution in [1.29, 1.82) is 0 Å². The maximum atomic E-state index is 10.5. The summed E-state index contributed by atoms with van der Waals surface area (Å²) < 4.78 is 0. The van der Waals surface area contributed by atoms with Crippen LogP contribution in [0.3, 0.4) is 0 Å². The lowest BCUT2D eigenvalue weighted by molar-refractivity contribution is 0.00215. The Morgan fingerprint density at radius 2 is 1.44 bits per heavy atom. The molecule has 94 valence electrons. The molecule has 0 spiro atoms. The number of thioether (sulfide) groups is 1. The van der Waals surface area contributed by atoms with Crippen LogP contribution in [0.1, 0.15) is 5.56 Å². The van der Waals surface area contributed by atoms with Crippen molar-refractivity contribution in [3.8, 4) is 0 Å². The summed E-state index contributed by atoms with van der Waals surface area (Å²) in [5.74, 6) is 0.428. The second-order valence-corrected chi connectivity index (χ2v) is 5.21. The third-order valence-electron chi connectivity index (χ3n) is 2.79. The van der Waals surface area contributed by atoms with Gasteiger partial charge in [-0.15, -0.1) is 11.8 Å². The molecule has 0 bridgehead atoms. The van der Waals surface area contributed by atoms with Gasteiger partial charge in [0.25, 0.3) is 0 Å². The highest BCUT2D eigenvalue weighted by Gasteiger charge is 2.28. The highest BCUT2D eigenvalue weighted by Crippen LogP contribution is 2.29. The lowest BCUT2D eigenvalue weighted by atomic mass is 9.97. The van der Waals surface area contributed by atoms with Crippen molar-refractivity contribution in [2.75, 3.05) is 12.4 Å². The Hall–Kier alpha value is -1.29. The monoisotopic (exact) mass is 260 g/mol. The molecule has 0 aliphatic carbocycles. The van der Waals surface area contributed by atoms with Gasteiger partial charge in [0.2, 0.25) is 0 Å². The molecule has 0 aliphatic rings. The first-order valence-corrected chi connectivity index (χ1v) is 6.80. The van der Waals surface area contributed by atoms with Gasteiger partial charge in [0.1, 0.15) is 5.60 Å². The Labute approximate surface area is 111 Å². The normalized spacial score (nSPS) is 14.1. The molecule has 0 saturated carbocycles. The zero-order valence-corrected chi connectivity index (χ0v) is 10.8. The first-order chi connectivity index (χ1) is 8.74. The largest absolute Gasteiger partial charge is 0.393 e. The minimum atomic E-state index is -1.19. The van der Waals surface area contributed by atoms with Crippen LogP contribution < -0.4 is 0 Å². The molecule has 2 nitrogen and oxygen atoms in total. The fourth-order valence-corrected chi connectivity index (χ4v) is 2.70. The van der Waals surface area contributed by atoms with E-state index >= 15 is 0 Å². The van der Waals surface area contributed by atoms with Gasteiger partial charge in [-0.2, -0.15) is 0 Å². The molecule has 2 rings (SSSR count). The summed E-state index contributed by atoms with van der Waals surface area (Å²) in [6.07, 6.45) is 0. The van der Waals surface area contributed by atoms with E-state index in [4.69, 9.17) is 0 Å². The molecule has 0 aliphatic heterocycles. The topological polar surface area (TPSA) is 40.5 Å². The van der Waals surface area contributed by atoms with Gasteiger partial charge in [-0.05, 0) is 17.7 Å². The van der Waals surface area contributed by atoms with Crippen LogP contribution in [0, 0.1) is 0 Å². The lowest BCUT2D eigenvalue weighted by Crippen LogP contribution is -2.33. The highest BCUT2D eigenvalue weighted by atomic mass is 32.2. The second-order valence-electron chi connectivity index (χ2n) is 4.16. The van der Waals surface area contributed by atoms with E-state index in [1.54, 1.807) is 0 Å². The molecule has 2 N–H and O–H groups in total. The average Bonchev–Trinajstić information content (AvgIpc) is 2.47. The molecule has 2 aromatic carbocycles. The number of hydrogen-bond donors (Lipinski definition) is 2. The van der Waals surface area contributed by atoms with Gasteiger partial charge in [-0.3, -0.25) is 0 Å². The minimum Gasteiger partial charge on any atom is -0.393 e. The molecule has 3 heteroatoms. The minimum absolute atomic E-state index is 0.281. The van der Waals surface area contributed by atoms with Gasteiger partial charge in [-0.25, -0.2) is 0 Å². The van der Waals surface area contributed by atoms with Crippen molar-refractivity contribution in [2.24, 2.45) is 0 Å². The summed E-state index contributed by atoms with van der Waals surface area (Å²) in [7, 11) is 0. The summed E-state index contributed by atoms with van der Waals surface area (Å²) in [4.78, 5) is 1.08. The zero-order valence-electron chi connectivity index (χ0n) is 9.99. The van der Waals surface area contributed by atoms with E-state index in [0.29, 0.717) is 5.75 Å². The zero-order chi connectivity index (χ0) is 12.8. The van der Waals surface area contributed by atoms with Crippen molar-refractivity contribution in [3.05, 3.63) is 66.2 Å². The van der Waals surface area contributed by atoms with Gasteiger partial charge in [0, 0.05) is 10.6 Å². The van der Waals surface area contributed by atoms with Crippen LogP contribution in [0.5, 0.6) is 0 Å². The van der Waals surface area contributed by atoms with Crippen molar-refractivity contribution in [2.45, 2.75) is 10.5 Å². The van der Waals surface area contributed by atoms with E-state index in [1.165, 1.54) is 11.8 Å². The smallest absolute Gasteiger partial charge is 0.122 e. The number of benzene rings is 2. The quantitative estimate of drug-likeness (QED) is 0.812. The van der Waals surface area contributed by atoms with Gasteiger partial charge in [0.15, 0.2) is 0 Å².